The van der Waals surface area contributed by atoms with Crippen LogP contribution in [-0.2, 0) is 6.54 Å². The van der Waals surface area contributed by atoms with Gasteiger partial charge in [-0.2, -0.15) is 10.3 Å². The van der Waals surface area contributed by atoms with E-state index in [4.69, 9.17) is 5.26 Å². The van der Waals surface area contributed by atoms with Crippen LogP contribution in [0.25, 0.3) is 0 Å². The minimum absolute atomic E-state index is 0.115. The van der Waals surface area contributed by atoms with Gasteiger partial charge >= 0.3 is 0 Å². The fourth-order valence-electron chi connectivity index (χ4n) is 1.43. The Balaban J connectivity index is 2.63. The summed E-state index contributed by atoms with van der Waals surface area (Å²) in [7, 11) is 0. The third-order valence-electron chi connectivity index (χ3n) is 2.27. The van der Waals surface area contributed by atoms with Crippen LogP contribution in [0.1, 0.15) is 19.4 Å². The Hall–Kier alpha value is -1.37. The topological polar surface area (TPSA) is 47.3 Å². The summed E-state index contributed by atoms with van der Waals surface area (Å²) in [6, 6.07) is 11.3. The zero-order valence-corrected chi connectivity index (χ0v) is 9.09. The lowest BCUT2D eigenvalue weighted by Crippen LogP contribution is -2.34. The molecule has 1 aromatic rings. The van der Waals surface area contributed by atoms with E-state index in [2.05, 4.69) is 6.07 Å². The summed E-state index contributed by atoms with van der Waals surface area (Å²) in [6.07, 6.45) is 0. The van der Waals surface area contributed by atoms with E-state index in [0.717, 1.165) is 10.6 Å². The lowest BCUT2D eigenvalue weighted by Gasteiger charge is -2.23. The van der Waals surface area contributed by atoms with Crippen molar-refractivity contribution < 1.29 is 5.21 Å². The molecule has 3 nitrogen and oxygen atoms in total. The van der Waals surface area contributed by atoms with Crippen molar-refractivity contribution in [2.24, 2.45) is 5.92 Å². The van der Waals surface area contributed by atoms with Crippen LogP contribution in [0.5, 0.6) is 0 Å². The van der Waals surface area contributed by atoms with Gasteiger partial charge in [0.15, 0.2) is 0 Å². The van der Waals surface area contributed by atoms with Crippen molar-refractivity contribution >= 4 is 0 Å². The Morgan fingerprint density at radius 1 is 1.33 bits per heavy atom. The van der Waals surface area contributed by atoms with E-state index in [1.54, 1.807) is 0 Å². The lowest BCUT2D eigenvalue weighted by atomic mass is 10.1. The second-order valence-corrected chi connectivity index (χ2v) is 3.90. The fraction of sp³-hybridized carbons (Fsp3) is 0.417. The van der Waals surface area contributed by atoms with Crippen LogP contribution in [0.3, 0.4) is 0 Å². The predicted octanol–water partition coefficient (Wildman–Crippen LogP) is 2.43. The van der Waals surface area contributed by atoms with E-state index in [1.807, 2.05) is 44.2 Å². The fourth-order valence-corrected chi connectivity index (χ4v) is 1.43. The van der Waals surface area contributed by atoms with Crippen molar-refractivity contribution in [3.05, 3.63) is 35.9 Å². The van der Waals surface area contributed by atoms with Gasteiger partial charge in [-0.15, -0.1) is 0 Å². The van der Waals surface area contributed by atoms with E-state index in [1.165, 1.54) is 0 Å². The van der Waals surface area contributed by atoms with E-state index in [9.17, 15) is 5.21 Å². The number of benzene rings is 1. The van der Waals surface area contributed by atoms with Gasteiger partial charge in [0.05, 0.1) is 12.6 Å². The summed E-state index contributed by atoms with van der Waals surface area (Å²) in [4.78, 5) is 0. The Labute approximate surface area is 90.5 Å². The molecule has 80 valence electrons. The van der Waals surface area contributed by atoms with Crippen molar-refractivity contribution in [2.45, 2.75) is 26.4 Å². The van der Waals surface area contributed by atoms with Gasteiger partial charge in [-0.3, -0.25) is 0 Å². The number of hydroxylamine groups is 2. The molecule has 0 heterocycles. The molecule has 0 bridgehead atoms. The van der Waals surface area contributed by atoms with Crippen molar-refractivity contribution in [3.63, 3.8) is 0 Å². The molecule has 1 N–H and O–H groups in total. The average molecular weight is 204 g/mol. The number of rotatable bonds is 4. The van der Waals surface area contributed by atoms with Crippen molar-refractivity contribution in [2.75, 3.05) is 0 Å². The quantitative estimate of drug-likeness (QED) is 0.766. The molecule has 0 radical (unpaired) electrons. The van der Waals surface area contributed by atoms with Crippen LogP contribution in [0.4, 0.5) is 0 Å². The Kier molecular flexibility index (Phi) is 4.29. The highest BCUT2D eigenvalue weighted by atomic mass is 16.5. The third kappa shape index (κ3) is 3.35. The van der Waals surface area contributed by atoms with E-state index in [0.29, 0.717) is 6.54 Å². The number of nitrogens with zero attached hydrogens (tertiary/aromatic N) is 2. The number of hydrogen-bond donors (Lipinski definition) is 1. The van der Waals surface area contributed by atoms with Crippen LogP contribution in [0.2, 0.25) is 0 Å². The molecule has 15 heavy (non-hydrogen) atoms. The highest BCUT2D eigenvalue weighted by Gasteiger charge is 2.19. The molecule has 1 rings (SSSR count). The second kappa shape index (κ2) is 5.50. The Bertz CT molecular complexity index is 329. The molecular formula is C12H16N2O. The van der Waals surface area contributed by atoms with Gasteiger partial charge in [-0.25, -0.2) is 0 Å². The number of hydrogen-bond acceptors (Lipinski definition) is 3. The van der Waals surface area contributed by atoms with Gasteiger partial charge in [0.25, 0.3) is 0 Å². The summed E-state index contributed by atoms with van der Waals surface area (Å²) in [5.74, 6) is 0.115. The normalized spacial score (nSPS) is 12.8. The standard InChI is InChI=1S/C12H16N2O/c1-10(2)12(8-13)14(15)9-11-6-4-3-5-7-11/h3-7,10,12,15H,9H2,1-2H3. The van der Waals surface area contributed by atoms with Crippen molar-refractivity contribution in [3.8, 4) is 6.07 Å². The number of nitriles is 1. The molecule has 1 aromatic carbocycles. The van der Waals surface area contributed by atoms with Gasteiger partial charge < -0.3 is 5.21 Å². The summed E-state index contributed by atoms with van der Waals surface area (Å²) >= 11 is 0. The average Bonchev–Trinajstić information content (AvgIpc) is 2.19. The molecule has 0 aliphatic heterocycles. The highest BCUT2D eigenvalue weighted by Crippen LogP contribution is 2.11. The smallest absolute Gasteiger partial charge is 0.124 e. The minimum atomic E-state index is -0.454. The molecule has 3 heteroatoms. The van der Waals surface area contributed by atoms with Crippen LogP contribution < -0.4 is 0 Å². The molecule has 0 saturated heterocycles. The van der Waals surface area contributed by atoms with Crippen LogP contribution in [0, 0.1) is 17.2 Å². The molecule has 0 amide bonds. The zero-order valence-electron chi connectivity index (χ0n) is 9.09. The molecule has 1 atom stereocenters. The monoisotopic (exact) mass is 204 g/mol. The first-order chi connectivity index (χ1) is 7.15. The maximum atomic E-state index is 9.74. The second-order valence-electron chi connectivity index (χ2n) is 3.90. The molecule has 0 saturated carbocycles. The maximum Gasteiger partial charge on any atom is 0.124 e. The summed E-state index contributed by atoms with van der Waals surface area (Å²) in [5, 5.41) is 19.7. The minimum Gasteiger partial charge on any atom is -0.312 e. The largest absolute Gasteiger partial charge is 0.312 e. The van der Waals surface area contributed by atoms with Gasteiger partial charge in [0, 0.05) is 0 Å². The highest BCUT2D eigenvalue weighted by molar-refractivity contribution is 5.14. The summed E-state index contributed by atoms with van der Waals surface area (Å²) < 4.78 is 0. The SMILES string of the molecule is CC(C)C(C#N)N(O)Cc1ccccc1. The predicted molar refractivity (Wildman–Crippen MR) is 58.0 cm³/mol. The Morgan fingerprint density at radius 3 is 2.40 bits per heavy atom. The van der Waals surface area contributed by atoms with E-state index in [-0.39, 0.29) is 5.92 Å². The lowest BCUT2D eigenvalue weighted by molar-refractivity contribution is -0.130. The van der Waals surface area contributed by atoms with Crippen LogP contribution >= 0.6 is 0 Å². The van der Waals surface area contributed by atoms with Crippen molar-refractivity contribution in [1.29, 1.82) is 5.26 Å². The van der Waals surface area contributed by atoms with Crippen LogP contribution in [-0.4, -0.2) is 16.3 Å². The summed E-state index contributed by atoms with van der Waals surface area (Å²) in [5.41, 5.74) is 1.00. The first kappa shape index (κ1) is 11.7. The molecule has 0 fully saturated rings. The third-order valence-corrected chi connectivity index (χ3v) is 2.27. The van der Waals surface area contributed by atoms with E-state index < -0.39 is 6.04 Å². The Morgan fingerprint density at radius 2 is 1.93 bits per heavy atom. The maximum absolute atomic E-state index is 9.74. The molecule has 0 aromatic heterocycles. The van der Waals surface area contributed by atoms with Gasteiger partial charge in [0.2, 0.25) is 0 Å². The first-order valence-electron chi connectivity index (χ1n) is 5.04. The zero-order chi connectivity index (χ0) is 11.3. The van der Waals surface area contributed by atoms with Crippen LogP contribution in [0.15, 0.2) is 30.3 Å². The molecular weight excluding hydrogens is 188 g/mol. The van der Waals surface area contributed by atoms with Gasteiger partial charge in [0.1, 0.15) is 6.04 Å². The van der Waals surface area contributed by atoms with Crippen molar-refractivity contribution in [1.82, 2.24) is 5.06 Å². The van der Waals surface area contributed by atoms with Gasteiger partial charge in [-0.1, -0.05) is 44.2 Å². The molecule has 0 spiro atoms. The van der Waals surface area contributed by atoms with Gasteiger partial charge in [-0.05, 0) is 11.5 Å². The van der Waals surface area contributed by atoms with E-state index >= 15 is 0 Å². The molecule has 1 unspecified atom stereocenters. The molecule has 0 aliphatic carbocycles. The molecule has 0 aliphatic rings. The summed E-state index contributed by atoms with van der Waals surface area (Å²) in [6.45, 7) is 4.22. The first-order valence-corrected chi connectivity index (χ1v) is 5.04.